The number of aryl methyl sites for hydroxylation is 1. The minimum absolute atomic E-state index is 0.246. The molecule has 0 radical (unpaired) electrons. The number of hydrogen-bond acceptors (Lipinski definition) is 6. The summed E-state index contributed by atoms with van der Waals surface area (Å²) in [7, 11) is 3.29. The predicted molar refractivity (Wildman–Crippen MR) is 122 cm³/mol. The highest BCUT2D eigenvalue weighted by atomic mass is 16.5. The van der Waals surface area contributed by atoms with E-state index < -0.39 is 0 Å². The highest BCUT2D eigenvalue weighted by Crippen LogP contribution is 2.42. The van der Waals surface area contributed by atoms with Gasteiger partial charge in [0.15, 0.2) is 11.5 Å². The van der Waals surface area contributed by atoms with E-state index in [2.05, 4.69) is 16.3 Å². The van der Waals surface area contributed by atoms with Crippen LogP contribution in [0.3, 0.4) is 0 Å². The van der Waals surface area contributed by atoms with Crippen molar-refractivity contribution in [2.75, 3.05) is 33.9 Å². The average Bonchev–Trinajstić information content (AvgIpc) is 3.67. The molecule has 1 aliphatic carbocycles. The molecule has 1 saturated carbocycles. The van der Waals surface area contributed by atoms with Crippen LogP contribution in [0, 0.1) is 18.8 Å². The van der Waals surface area contributed by atoms with Crippen molar-refractivity contribution < 1.29 is 14.3 Å². The number of nitrogens with one attached hydrogen (secondary N) is 1. The van der Waals surface area contributed by atoms with Crippen molar-refractivity contribution in [3.05, 3.63) is 35.8 Å². The highest BCUT2D eigenvalue weighted by molar-refractivity contribution is 5.80. The molecule has 4 aliphatic rings. The number of amides is 1. The van der Waals surface area contributed by atoms with Crippen LogP contribution in [0.4, 0.5) is 0 Å². The Labute approximate surface area is 189 Å². The highest BCUT2D eigenvalue weighted by Gasteiger charge is 2.42. The summed E-state index contributed by atoms with van der Waals surface area (Å²) in [6.45, 7) is 4.85. The molecule has 4 heterocycles. The minimum Gasteiger partial charge on any atom is -0.493 e. The van der Waals surface area contributed by atoms with E-state index in [0.29, 0.717) is 29.4 Å². The van der Waals surface area contributed by atoms with Gasteiger partial charge in [-0.3, -0.25) is 9.69 Å². The summed E-state index contributed by atoms with van der Waals surface area (Å²) in [5, 5.41) is 3.19. The maximum Gasteiger partial charge on any atom is 0.223 e. The normalized spacial score (nSPS) is 26.6. The Balaban J connectivity index is 1.34. The van der Waals surface area contributed by atoms with Gasteiger partial charge < -0.3 is 14.8 Å². The summed E-state index contributed by atoms with van der Waals surface area (Å²) in [6.07, 6.45) is 4.41. The molecule has 1 aromatic carbocycles. The lowest BCUT2D eigenvalue weighted by Crippen LogP contribution is -2.56. The molecule has 32 heavy (non-hydrogen) atoms. The second-order valence-electron chi connectivity index (χ2n) is 9.35. The molecule has 7 nitrogen and oxygen atoms in total. The number of aromatic nitrogens is 2. The monoisotopic (exact) mass is 436 g/mol. The molecule has 1 aromatic heterocycles. The molecule has 3 saturated heterocycles. The standard InChI is InChI=1S/C25H32N4O3/c1-15-27-21(18-6-7-23(31-2)24(11-18)32-3)12-22(28-15)20-14-29-9-8-17(20)10-19(29)13-26-25(30)16-4-5-16/h6-7,11-12,16-17,19-20H,4-5,8-10,13-14H2,1-3H3,(H,26,30)/t17-,19+,20-/m0/s1. The van der Waals surface area contributed by atoms with Gasteiger partial charge in [-0.2, -0.15) is 0 Å². The molecular formula is C25H32N4O3. The van der Waals surface area contributed by atoms with Gasteiger partial charge in [-0.15, -0.1) is 0 Å². The van der Waals surface area contributed by atoms with E-state index in [9.17, 15) is 4.79 Å². The summed E-state index contributed by atoms with van der Waals surface area (Å²) in [5.41, 5.74) is 3.03. The van der Waals surface area contributed by atoms with Gasteiger partial charge in [0, 0.05) is 42.2 Å². The first kappa shape index (κ1) is 21.2. The van der Waals surface area contributed by atoms with E-state index in [0.717, 1.165) is 61.7 Å². The lowest BCUT2D eigenvalue weighted by Gasteiger charge is -2.49. The number of carbonyl (C=O) groups excluding carboxylic acids is 1. The molecule has 2 bridgehead atoms. The van der Waals surface area contributed by atoms with E-state index in [1.165, 1.54) is 6.42 Å². The molecule has 6 rings (SSSR count). The molecule has 1 amide bonds. The van der Waals surface area contributed by atoms with Gasteiger partial charge in [0.25, 0.3) is 0 Å². The zero-order chi connectivity index (χ0) is 22.2. The maximum absolute atomic E-state index is 12.1. The number of piperidine rings is 3. The van der Waals surface area contributed by atoms with Crippen LogP contribution in [-0.4, -0.2) is 60.7 Å². The molecular weight excluding hydrogens is 404 g/mol. The molecule has 3 aliphatic heterocycles. The second-order valence-corrected chi connectivity index (χ2v) is 9.35. The van der Waals surface area contributed by atoms with Crippen molar-refractivity contribution in [3.8, 4) is 22.8 Å². The van der Waals surface area contributed by atoms with Gasteiger partial charge in [0.1, 0.15) is 5.82 Å². The molecule has 4 fully saturated rings. The number of rotatable bonds is 7. The van der Waals surface area contributed by atoms with Crippen molar-refractivity contribution in [2.24, 2.45) is 11.8 Å². The first-order valence-electron chi connectivity index (χ1n) is 11.7. The fraction of sp³-hybridized carbons (Fsp3) is 0.560. The number of nitrogens with zero attached hydrogens (tertiary/aromatic N) is 3. The van der Waals surface area contributed by atoms with Crippen molar-refractivity contribution >= 4 is 5.91 Å². The largest absolute Gasteiger partial charge is 0.493 e. The number of fused-ring (bicyclic) bond motifs is 3. The smallest absolute Gasteiger partial charge is 0.223 e. The van der Waals surface area contributed by atoms with Crippen LogP contribution in [0.25, 0.3) is 11.3 Å². The summed E-state index contributed by atoms with van der Waals surface area (Å²) in [6, 6.07) is 8.49. The van der Waals surface area contributed by atoms with E-state index in [4.69, 9.17) is 19.4 Å². The van der Waals surface area contributed by atoms with Crippen LogP contribution < -0.4 is 14.8 Å². The SMILES string of the molecule is COc1ccc(-c2cc([C@H]3CN4CC[C@H]3C[C@@H]4CNC(=O)C3CC3)nc(C)n2)cc1OC. The van der Waals surface area contributed by atoms with Crippen molar-refractivity contribution in [2.45, 2.75) is 44.6 Å². The summed E-state index contributed by atoms with van der Waals surface area (Å²) < 4.78 is 10.9. The van der Waals surface area contributed by atoms with Crippen LogP contribution in [0.1, 0.15) is 43.1 Å². The van der Waals surface area contributed by atoms with E-state index in [1.807, 2.05) is 25.1 Å². The van der Waals surface area contributed by atoms with Crippen molar-refractivity contribution in [3.63, 3.8) is 0 Å². The molecule has 2 aromatic rings. The van der Waals surface area contributed by atoms with Crippen molar-refractivity contribution in [1.82, 2.24) is 20.2 Å². The van der Waals surface area contributed by atoms with Gasteiger partial charge >= 0.3 is 0 Å². The molecule has 170 valence electrons. The summed E-state index contributed by atoms with van der Waals surface area (Å²) in [4.78, 5) is 24.2. The van der Waals surface area contributed by atoms with Crippen molar-refractivity contribution in [1.29, 1.82) is 0 Å². The number of carbonyl (C=O) groups is 1. The molecule has 1 N–H and O–H groups in total. The Morgan fingerprint density at radius 2 is 1.94 bits per heavy atom. The Hall–Kier alpha value is -2.67. The third-order valence-electron chi connectivity index (χ3n) is 7.26. The van der Waals surface area contributed by atoms with Crippen LogP contribution in [0.2, 0.25) is 0 Å². The van der Waals surface area contributed by atoms with Gasteiger partial charge in [-0.1, -0.05) is 0 Å². The van der Waals surface area contributed by atoms with Crippen LogP contribution in [0.5, 0.6) is 11.5 Å². The van der Waals surface area contributed by atoms with E-state index in [-0.39, 0.29) is 11.8 Å². The van der Waals surface area contributed by atoms with Gasteiger partial charge in [0.05, 0.1) is 19.9 Å². The van der Waals surface area contributed by atoms with Crippen LogP contribution >= 0.6 is 0 Å². The zero-order valence-corrected chi connectivity index (χ0v) is 19.1. The minimum atomic E-state index is 0.246. The number of ether oxygens (including phenoxy) is 2. The van der Waals surface area contributed by atoms with E-state index >= 15 is 0 Å². The van der Waals surface area contributed by atoms with Gasteiger partial charge in [0.2, 0.25) is 5.91 Å². The maximum atomic E-state index is 12.1. The molecule has 4 atom stereocenters. The lowest BCUT2D eigenvalue weighted by molar-refractivity contribution is -0.122. The Kier molecular flexibility index (Phi) is 5.76. The summed E-state index contributed by atoms with van der Waals surface area (Å²) in [5.74, 6) is 3.71. The van der Waals surface area contributed by atoms with Crippen LogP contribution in [0.15, 0.2) is 24.3 Å². The Morgan fingerprint density at radius 1 is 1.12 bits per heavy atom. The Bertz CT molecular complexity index is 1010. The number of benzene rings is 1. The fourth-order valence-electron chi connectivity index (χ4n) is 5.32. The number of methoxy groups -OCH3 is 2. The first-order chi connectivity index (χ1) is 15.6. The molecule has 7 heteroatoms. The van der Waals surface area contributed by atoms with Gasteiger partial charge in [-0.05, 0) is 69.3 Å². The summed E-state index contributed by atoms with van der Waals surface area (Å²) >= 11 is 0. The third-order valence-corrected chi connectivity index (χ3v) is 7.26. The van der Waals surface area contributed by atoms with Crippen LogP contribution in [-0.2, 0) is 4.79 Å². The number of hydrogen-bond donors (Lipinski definition) is 1. The quantitative estimate of drug-likeness (QED) is 0.719. The average molecular weight is 437 g/mol. The van der Waals surface area contributed by atoms with E-state index in [1.54, 1.807) is 14.2 Å². The Morgan fingerprint density at radius 3 is 2.62 bits per heavy atom. The fourth-order valence-corrected chi connectivity index (χ4v) is 5.32. The molecule has 0 spiro atoms. The third kappa shape index (κ3) is 4.18. The zero-order valence-electron chi connectivity index (χ0n) is 19.1. The second kappa shape index (κ2) is 8.70. The first-order valence-corrected chi connectivity index (χ1v) is 11.7. The topological polar surface area (TPSA) is 76.6 Å². The lowest BCUT2D eigenvalue weighted by atomic mass is 9.74. The van der Waals surface area contributed by atoms with Gasteiger partial charge in [-0.25, -0.2) is 9.97 Å². The predicted octanol–water partition coefficient (Wildman–Crippen LogP) is 3.17. The molecule has 1 unspecified atom stereocenters.